The summed E-state index contributed by atoms with van der Waals surface area (Å²) < 4.78 is 0. The lowest BCUT2D eigenvalue weighted by Crippen LogP contribution is -2.43. The van der Waals surface area contributed by atoms with Crippen molar-refractivity contribution in [2.75, 3.05) is 29.5 Å². The lowest BCUT2D eigenvalue weighted by molar-refractivity contribution is 0.330. The minimum atomic E-state index is 0.180. The molecule has 0 unspecified atom stereocenters. The first-order valence-corrected chi connectivity index (χ1v) is 9.69. The van der Waals surface area contributed by atoms with Gasteiger partial charge in [0, 0.05) is 36.0 Å². The first kappa shape index (κ1) is 18.5. The molecule has 1 radical (unpaired) electrons. The molecule has 1 aliphatic heterocycles. The number of anilines is 3. The van der Waals surface area contributed by atoms with Gasteiger partial charge in [-0.2, -0.15) is 10.1 Å². The van der Waals surface area contributed by atoms with Crippen LogP contribution in [0, 0.1) is 17.3 Å². The van der Waals surface area contributed by atoms with Gasteiger partial charge in [-0.25, -0.2) is 4.98 Å². The lowest BCUT2D eigenvalue weighted by Gasteiger charge is -2.42. The summed E-state index contributed by atoms with van der Waals surface area (Å²) in [5.74, 6) is 3.77. The molecule has 1 aliphatic rings. The van der Waals surface area contributed by atoms with Gasteiger partial charge < -0.3 is 16.4 Å². The van der Waals surface area contributed by atoms with Crippen LogP contribution in [-0.2, 0) is 0 Å². The molecule has 28 heavy (non-hydrogen) atoms. The van der Waals surface area contributed by atoms with E-state index in [4.69, 9.17) is 11.5 Å². The molecule has 1 atom stereocenters. The van der Waals surface area contributed by atoms with Crippen molar-refractivity contribution in [2.24, 2.45) is 11.3 Å². The van der Waals surface area contributed by atoms with E-state index in [2.05, 4.69) is 52.8 Å². The average Bonchev–Trinajstić information content (AvgIpc) is 3.00. The summed E-state index contributed by atoms with van der Waals surface area (Å²) in [5.41, 5.74) is 14.8. The fraction of sp³-hybridized carbons (Fsp3) is 0.429. The smallest absolute Gasteiger partial charge is 0.222 e. The van der Waals surface area contributed by atoms with Gasteiger partial charge in [-0.15, -0.1) is 0 Å². The number of hydrogen-bond donors (Lipinski definition) is 3. The van der Waals surface area contributed by atoms with Gasteiger partial charge in [0.25, 0.3) is 0 Å². The molecule has 0 bridgehead atoms. The number of nitrogens with two attached hydrogens (primary N) is 2. The van der Waals surface area contributed by atoms with E-state index >= 15 is 0 Å². The minimum absolute atomic E-state index is 0.180. The summed E-state index contributed by atoms with van der Waals surface area (Å²) in [6.07, 6.45) is 1.16. The van der Waals surface area contributed by atoms with Gasteiger partial charge in [-0.05, 0) is 29.9 Å². The van der Waals surface area contributed by atoms with Crippen molar-refractivity contribution >= 4 is 28.5 Å². The van der Waals surface area contributed by atoms with E-state index < -0.39 is 0 Å². The van der Waals surface area contributed by atoms with Crippen molar-refractivity contribution < 1.29 is 0 Å². The van der Waals surface area contributed by atoms with E-state index in [9.17, 15) is 0 Å². The summed E-state index contributed by atoms with van der Waals surface area (Å²) in [6, 6.07) is 7.96. The largest absolute Gasteiger partial charge is 0.382 e. The minimum Gasteiger partial charge on any atom is -0.382 e. The number of hydrogen-bond acceptors (Lipinski definition) is 6. The molecular weight excluding hydrogens is 350 g/mol. The SMILES string of the molecule is C[C@@H]1C[C](C(C)(C)C)CN(c2cc(-c3ccc4c(N)n[nH]c4c3)nc(N)n2)C1. The maximum atomic E-state index is 6.08. The highest BCUT2D eigenvalue weighted by molar-refractivity contribution is 5.91. The molecule has 2 aromatic heterocycles. The zero-order chi connectivity index (χ0) is 20.1. The number of nitrogen functional groups attached to an aromatic ring is 2. The quantitative estimate of drug-likeness (QED) is 0.628. The maximum absolute atomic E-state index is 6.08. The zero-order valence-electron chi connectivity index (χ0n) is 17.0. The summed E-state index contributed by atoms with van der Waals surface area (Å²) in [4.78, 5) is 11.3. The van der Waals surface area contributed by atoms with Crippen LogP contribution in [0.1, 0.15) is 34.1 Å². The molecule has 1 fully saturated rings. The van der Waals surface area contributed by atoms with Crippen LogP contribution in [0.5, 0.6) is 0 Å². The number of fused-ring (bicyclic) bond motifs is 1. The number of aromatic nitrogens is 4. The van der Waals surface area contributed by atoms with Crippen LogP contribution in [0.15, 0.2) is 24.3 Å². The molecule has 0 aliphatic carbocycles. The predicted molar refractivity (Wildman–Crippen MR) is 115 cm³/mol. The number of piperidine rings is 1. The van der Waals surface area contributed by atoms with Crippen molar-refractivity contribution in [3.8, 4) is 11.3 Å². The molecule has 3 aromatic rings. The highest BCUT2D eigenvalue weighted by Gasteiger charge is 2.34. The molecule has 3 heterocycles. The van der Waals surface area contributed by atoms with Gasteiger partial charge in [0.15, 0.2) is 5.82 Å². The van der Waals surface area contributed by atoms with Crippen molar-refractivity contribution in [2.45, 2.75) is 34.1 Å². The second kappa shape index (κ2) is 6.65. The van der Waals surface area contributed by atoms with Crippen LogP contribution in [-0.4, -0.2) is 33.3 Å². The summed E-state index contributed by atoms with van der Waals surface area (Å²) in [6.45, 7) is 11.0. The molecule has 1 aromatic carbocycles. The second-order valence-corrected chi connectivity index (χ2v) is 8.88. The summed E-state index contributed by atoms with van der Waals surface area (Å²) in [5, 5.41) is 7.92. The Bertz CT molecular complexity index is 1000. The van der Waals surface area contributed by atoms with Gasteiger partial charge in [-0.3, -0.25) is 5.10 Å². The molecule has 5 N–H and O–H groups in total. The van der Waals surface area contributed by atoms with Crippen LogP contribution in [0.4, 0.5) is 17.6 Å². The standard InChI is InChI=1S/C21H28N7/c1-12-7-14(21(2,3)4)11-28(10-12)18-9-16(24-20(23)25-18)13-5-6-15-17(8-13)26-27-19(15)22/h5-6,8-9,12H,7,10-11H2,1-4H3,(H3,22,26,27)(H2,23,24,25)/t12-/m1/s1. The first-order valence-electron chi connectivity index (χ1n) is 9.69. The van der Waals surface area contributed by atoms with E-state index in [0.717, 1.165) is 47.5 Å². The van der Waals surface area contributed by atoms with Crippen LogP contribution >= 0.6 is 0 Å². The van der Waals surface area contributed by atoms with Gasteiger partial charge in [0.1, 0.15) is 5.82 Å². The molecular formula is C21H28N7. The third-order valence-corrected chi connectivity index (χ3v) is 5.51. The number of H-pyrrole nitrogens is 1. The van der Waals surface area contributed by atoms with Crippen LogP contribution in [0.3, 0.4) is 0 Å². The number of nitrogens with zero attached hydrogens (tertiary/aromatic N) is 4. The lowest BCUT2D eigenvalue weighted by atomic mass is 9.74. The molecule has 7 heteroatoms. The Hall–Kier alpha value is -2.83. The van der Waals surface area contributed by atoms with Gasteiger partial charge in [0.05, 0.1) is 11.2 Å². The molecule has 0 saturated carbocycles. The van der Waals surface area contributed by atoms with E-state index in [1.807, 2.05) is 24.3 Å². The normalized spacial score (nSPS) is 18.7. The van der Waals surface area contributed by atoms with E-state index in [0.29, 0.717) is 11.7 Å². The molecule has 4 rings (SSSR count). The summed E-state index contributed by atoms with van der Waals surface area (Å²) >= 11 is 0. The maximum Gasteiger partial charge on any atom is 0.222 e. The Morgan fingerprint density at radius 1 is 1.14 bits per heavy atom. The van der Waals surface area contributed by atoms with E-state index in [-0.39, 0.29) is 11.4 Å². The topological polar surface area (TPSA) is 110 Å². The Balaban J connectivity index is 1.70. The Kier molecular flexibility index (Phi) is 4.40. The van der Waals surface area contributed by atoms with Crippen LogP contribution < -0.4 is 16.4 Å². The number of nitrogens with one attached hydrogen (secondary N) is 1. The number of benzene rings is 1. The van der Waals surface area contributed by atoms with Crippen LogP contribution in [0.2, 0.25) is 0 Å². The number of rotatable bonds is 2. The molecule has 0 spiro atoms. The second-order valence-electron chi connectivity index (χ2n) is 8.88. The molecule has 147 valence electrons. The Morgan fingerprint density at radius 3 is 2.68 bits per heavy atom. The van der Waals surface area contributed by atoms with Crippen molar-refractivity contribution in [1.29, 1.82) is 0 Å². The summed E-state index contributed by atoms with van der Waals surface area (Å²) in [7, 11) is 0. The predicted octanol–water partition coefficient (Wildman–Crippen LogP) is 3.65. The van der Waals surface area contributed by atoms with E-state index in [1.54, 1.807) is 5.92 Å². The van der Waals surface area contributed by atoms with Crippen molar-refractivity contribution in [1.82, 2.24) is 20.2 Å². The van der Waals surface area contributed by atoms with E-state index in [1.165, 1.54) is 0 Å². The highest BCUT2D eigenvalue weighted by atomic mass is 15.2. The Morgan fingerprint density at radius 2 is 1.93 bits per heavy atom. The monoisotopic (exact) mass is 378 g/mol. The average molecular weight is 379 g/mol. The zero-order valence-corrected chi connectivity index (χ0v) is 17.0. The fourth-order valence-electron chi connectivity index (χ4n) is 3.90. The van der Waals surface area contributed by atoms with Gasteiger partial charge in [0.2, 0.25) is 5.95 Å². The third-order valence-electron chi connectivity index (χ3n) is 5.51. The number of aromatic amines is 1. The van der Waals surface area contributed by atoms with Gasteiger partial charge >= 0.3 is 0 Å². The fourth-order valence-corrected chi connectivity index (χ4v) is 3.90. The first-order chi connectivity index (χ1) is 13.2. The molecule has 1 saturated heterocycles. The van der Waals surface area contributed by atoms with Crippen molar-refractivity contribution in [3.05, 3.63) is 30.2 Å². The Labute approximate surface area is 165 Å². The molecule has 0 amide bonds. The van der Waals surface area contributed by atoms with Crippen molar-refractivity contribution in [3.63, 3.8) is 0 Å². The van der Waals surface area contributed by atoms with Crippen LogP contribution in [0.25, 0.3) is 22.2 Å². The van der Waals surface area contributed by atoms with Gasteiger partial charge in [-0.1, -0.05) is 33.8 Å². The highest BCUT2D eigenvalue weighted by Crippen LogP contribution is 2.39. The molecule has 7 nitrogen and oxygen atoms in total. The third kappa shape index (κ3) is 3.48.